The number of pyridine rings is 1. The number of carbonyl (C=O) groups is 1. The molecule has 0 unspecified atom stereocenters. The van der Waals surface area contributed by atoms with Gasteiger partial charge in [-0.3, -0.25) is 4.79 Å². The number of aromatic nitrogens is 1. The summed E-state index contributed by atoms with van der Waals surface area (Å²) in [6.07, 6.45) is 3.04. The molecule has 0 radical (unpaired) electrons. The molecular formula is C15H17ClN4O2. The SMILES string of the molecule is N#Cc1cnc(N2CCN(C(=O)[C@@H]3CCCO3)CC2)c(Cl)c1. The Hall–Kier alpha value is -1.84. The molecule has 2 aliphatic heterocycles. The van der Waals surface area contributed by atoms with Gasteiger partial charge in [0.2, 0.25) is 0 Å². The molecule has 6 nitrogen and oxygen atoms in total. The highest BCUT2D eigenvalue weighted by Gasteiger charge is 2.30. The molecule has 0 spiro atoms. The van der Waals surface area contributed by atoms with Gasteiger partial charge in [0.25, 0.3) is 5.91 Å². The quantitative estimate of drug-likeness (QED) is 0.824. The Morgan fingerprint density at radius 2 is 2.18 bits per heavy atom. The molecule has 3 heterocycles. The zero-order valence-corrected chi connectivity index (χ0v) is 12.9. The molecule has 2 aliphatic rings. The van der Waals surface area contributed by atoms with Crippen molar-refractivity contribution in [2.75, 3.05) is 37.7 Å². The number of amides is 1. The van der Waals surface area contributed by atoms with Gasteiger partial charge >= 0.3 is 0 Å². The molecule has 2 saturated heterocycles. The number of carbonyl (C=O) groups excluding carboxylic acids is 1. The molecule has 0 bridgehead atoms. The van der Waals surface area contributed by atoms with Crippen LogP contribution in [-0.4, -0.2) is 54.7 Å². The van der Waals surface area contributed by atoms with Crippen molar-refractivity contribution in [3.8, 4) is 6.07 Å². The average Bonchev–Trinajstić information content (AvgIpc) is 3.08. The first kappa shape index (κ1) is 15.1. The standard InChI is InChI=1S/C15H17ClN4O2/c16-12-8-11(9-17)10-18-14(12)19-3-5-20(6-4-19)15(21)13-2-1-7-22-13/h8,10,13H,1-7H2/t13-/m0/s1. The van der Waals surface area contributed by atoms with Crippen molar-refractivity contribution in [2.45, 2.75) is 18.9 Å². The maximum atomic E-state index is 12.3. The first-order valence-electron chi connectivity index (χ1n) is 7.40. The molecule has 0 saturated carbocycles. The van der Waals surface area contributed by atoms with Crippen LogP contribution in [0.3, 0.4) is 0 Å². The second-order valence-corrected chi connectivity index (χ2v) is 5.86. The summed E-state index contributed by atoms with van der Waals surface area (Å²) < 4.78 is 5.46. The second-order valence-electron chi connectivity index (χ2n) is 5.46. The number of hydrogen-bond donors (Lipinski definition) is 0. The summed E-state index contributed by atoms with van der Waals surface area (Å²) in [5, 5.41) is 9.31. The molecule has 3 rings (SSSR count). The summed E-state index contributed by atoms with van der Waals surface area (Å²) in [7, 11) is 0. The Bertz CT molecular complexity index is 602. The molecule has 2 fully saturated rings. The molecule has 1 atom stereocenters. The van der Waals surface area contributed by atoms with E-state index in [1.165, 1.54) is 6.20 Å². The van der Waals surface area contributed by atoms with Crippen LogP contribution in [0.5, 0.6) is 0 Å². The number of anilines is 1. The number of ether oxygens (including phenoxy) is 1. The topological polar surface area (TPSA) is 69.5 Å². The van der Waals surface area contributed by atoms with Crippen molar-refractivity contribution >= 4 is 23.3 Å². The Balaban J connectivity index is 1.62. The number of nitriles is 1. The number of piperazine rings is 1. The van der Waals surface area contributed by atoms with Gasteiger partial charge in [-0.05, 0) is 18.9 Å². The zero-order valence-electron chi connectivity index (χ0n) is 12.2. The molecule has 7 heteroatoms. The third-order valence-electron chi connectivity index (χ3n) is 4.05. The molecule has 0 aromatic carbocycles. The normalized spacial score (nSPS) is 21.7. The minimum absolute atomic E-state index is 0.0936. The Morgan fingerprint density at radius 1 is 1.41 bits per heavy atom. The minimum atomic E-state index is -0.261. The highest BCUT2D eigenvalue weighted by atomic mass is 35.5. The maximum absolute atomic E-state index is 12.3. The molecule has 0 N–H and O–H groups in total. The number of rotatable bonds is 2. The molecule has 22 heavy (non-hydrogen) atoms. The van der Waals surface area contributed by atoms with Gasteiger partial charge in [0, 0.05) is 39.0 Å². The van der Waals surface area contributed by atoms with E-state index in [0.29, 0.717) is 49.2 Å². The van der Waals surface area contributed by atoms with Gasteiger partial charge < -0.3 is 14.5 Å². The van der Waals surface area contributed by atoms with E-state index in [9.17, 15) is 4.79 Å². The van der Waals surface area contributed by atoms with Crippen molar-refractivity contribution in [1.82, 2.24) is 9.88 Å². The number of hydrogen-bond acceptors (Lipinski definition) is 5. The maximum Gasteiger partial charge on any atom is 0.251 e. The van der Waals surface area contributed by atoms with E-state index in [1.54, 1.807) is 6.07 Å². The van der Waals surface area contributed by atoms with Crippen LogP contribution >= 0.6 is 11.6 Å². The molecule has 0 aliphatic carbocycles. The van der Waals surface area contributed by atoms with Crippen molar-refractivity contribution in [3.05, 3.63) is 22.8 Å². The number of nitrogens with zero attached hydrogens (tertiary/aromatic N) is 4. The monoisotopic (exact) mass is 320 g/mol. The largest absolute Gasteiger partial charge is 0.368 e. The highest BCUT2D eigenvalue weighted by Crippen LogP contribution is 2.25. The van der Waals surface area contributed by atoms with E-state index in [1.807, 2.05) is 15.9 Å². The van der Waals surface area contributed by atoms with E-state index >= 15 is 0 Å². The fraction of sp³-hybridized carbons (Fsp3) is 0.533. The Morgan fingerprint density at radius 3 is 2.77 bits per heavy atom. The molecule has 1 aromatic heterocycles. The summed E-state index contributed by atoms with van der Waals surface area (Å²) in [5.74, 6) is 0.765. The van der Waals surface area contributed by atoms with Gasteiger partial charge in [0.05, 0.1) is 10.6 Å². The van der Waals surface area contributed by atoms with E-state index in [-0.39, 0.29) is 12.0 Å². The van der Waals surface area contributed by atoms with Gasteiger partial charge in [0.1, 0.15) is 18.0 Å². The van der Waals surface area contributed by atoms with Crippen molar-refractivity contribution in [2.24, 2.45) is 0 Å². The fourth-order valence-corrected chi connectivity index (χ4v) is 3.13. The van der Waals surface area contributed by atoms with Gasteiger partial charge in [-0.25, -0.2) is 4.98 Å². The number of halogens is 1. The van der Waals surface area contributed by atoms with Crippen LogP contribution in [0.25, 0.3) is 0 Å². The Labute approximate surface area is 134 Å². The summed E-state index contributed by atoms with van der Waals surface area (Å²) in [4.78, 5) is 20.5. The van der Waals surface area contributed by atoms with Crippen LogP contribution in [0.15, 0.2) is 12.3 Å². The van der Waals surface area contributed by atoms with Gasteiger partial charge in [-0.2, -0.15) is 5.26 Å². The van der Waals surface area contributed by atoms with Crippen molar-refractivity contribution < 1.29 is 9.53 Å². The van der Waals surface area contributed by atoms with Crippen LogP contribution in [0.2, 0.25) is 5.02 Å². The van der Waals surface area contributed by atoms with Crippen molar-refractivity contribution in [3.63, 3.8) is 0 Å². The third kappa shape index (κ3) is 3.01. The lowest BCUT2D eigenvalue weighted by Crippen LogP contribution is -2.51. The van der Waals surface area contributed by atoms with Gasteiger partial charge in [0.15, 0.2) is 0 Å². The third-order valence-corrected chi connectivity index (χ3v) is 4.33. The first-order chi connectivity index (χ1) is 10.7. The first-order valence-corrected chi connectivity index (χ1v) is 7.78. The predicted octanol–water partition coefficient (Wildman–Crippen LogP) is 1.43. The van der Waals surface area contributed by atoms with Crippen molar-refractivity contribution in [1.29, 1.82) is 5.26 Å². The van der Waals surface area contributed by atoms with E-state index in [2.05, 4.69) is 4.98 Å². The van der Waals surface area contributed by atoms with E-state index in [0.717, 1.165) is 12.8 Å². The summed E-state index contributed by atoms with van der Waals surface area (Å²) in [6.45, 7) is 3.31. The van der Waals surface area contributed by atoms with Crippen LogP contribution < -0.4 is 4.90 Å². The lowest BCUT2D eigenvalue weighted by atomic mass is 10.2. The van der Waals surface area contributed by atoms with Crippen LogP contribution in [0, 0.1) is 11.3 Å². The highest BCUT2D eigenvalue weighted by molar-refractivity contribution is 6.33. The fourth-order valence-electron chi connectivity index (χ4n) is 2.84. The minimum Gasteiger partial charge on any atom is -0.368 e. The Kier molecular flexibility index (Phi) is 4.46. The predicted molar refractivity (Wildman–Crippen MR) is 81.7 cm³/mol. The smallest absolute Gasteiger partial charge is 0.251 e. The van der Waals surface area contributed by atoms with Gasteiger partial charge in [-0.1, -0.05) is 11.6 Å². The lowest BCUT2D eigenvalue weighted by molar-refractivity contribution is -0.141. The molecule has 1 aromatic rings. The summed E-state index contributed by atoms with van der Waals surface area (Å²) in [6, 6.07) is 3.64. The molecule has 116 valence electrons. The summed E-state index contributed by atoms with van der Waals surface area (Å²) in [5.41, 5.74) is 0.445. The van der Waals surface area contributed by atoms with E-state index in [4.69, 9.17) is 21.6 Å². The van der Waals surface area contributed by atoms with Crippen LogP contribution in [0.4, 0.5) is 5.82 Å². The van der Waals surface area contributed by atoms with Gasteiger partial charge in [-0.15, -0.1) is 0 Å². The second kappa shape index (κ2) is 6.51. The zero-order chi connectivity index (χ0) is 15.5. The summed E-state index contributed by atoms with van der Waals surface area (Å²) >= 11 is 6.19. The lowest BCUT2D eigenvalue weighted by Gasteiger charge is -2.36. The molecular weight excluding hydrogens is 304 g/mol. The van der Waals surface area contributed by atoms with Crippen LogP contribution in [-0.2, 0) is 9.53 Å². The van der Waals surface area contributed by atoms with E-state index < -0.39 is 0 Å². The average molecular weight is 321 g/mol. The molecule has 1 amide bonds. The van der Waals surface area contributed by atoms with Crippen LogP contribution in [0.1, 0.15) is 18.4 Å².